The van der Waals surface area contributed by atoms with E-state index in [0.29, 0.717) is 6.61 Å². The van der Waals surface area contributed by atoms with Gasteiger partial charge in [0.15, 0.2) is 0 Å². The van der Waals surface area contributed by atoms with E-state index >= 15 is 0 Å². The lowest BCUT2D eigenvalue weighted by Crippen LogP contribution is -2.01. The van der Waals surface area contributed by atoms with Crippen molar-refractivity contribution in [2.24, 2.45) is 5.73 Å². The van der Waals surface area contributed by atoms with Crippen LogP contribution in [0.2, 0.25) is 0 Å². The van der Waals surface area contributed by atoms with Crippen LogP contribution in [-0.2, 0) is 4.74 Å². The Bertz CT molecular complexity index is 179. The van der Waals surface area contributed by atoms with Crippen LogP contribution in [-0.4, -0.2) is 20.3 Å². The number of nitrogens with two attached hydrogens (primary N) is 1. The van der Waals surface area contributed by atoms with Gasteiger partial charge in [-0.3, -0.25) is 0 Å². The van der Waals surface area contributed by atoms with Crippen LogP contribution in [0.15, 0.2) is 11.6 Å². The summed E-state index contributed by atoms with van der Waals surface area (Å²) in [7, 11) is 1.71. The Labute approximate surface area is 81.2 Å². The first-order valence-electron chi connectivity index (χ1n) is 4.65. The maximum absolute atomic E-state index is 5.43. The third-order valence-electron chi connectivity index (χ3n) is 1.75. The smallest absolute Gasteiger partial charge is 0.0673 e. The highest BCUT2D eigenvalue weighted by molar-refractivity contribution is 5.04. The molecule has 0 aliphatic rings. The Morgan fingerprint density at radius 2 is 2.38 bits per heavy atom. The number of ether oxygens (including phenoxy) is 1. The van der Waals surface area contributed by atoms with Crippen molar-refractivity contribution in [3.63, 3.8) is 0 Å². The molecule has 13 heavy (non-hydrogen) atoms. The second-order valence-corrected chi connectivity index (χ2v) is 2.93. The normalized spacial score (nSPS) is 11.3. The molecule has 0 unspecified atom stereocenters. The zero-order chi connectivity index (χ0) is 9.94. The van der Waals surface area contributed by atoms with Crippen LogP contribution in [0.4, 0.5) is 0 Å². The third-order valence-corrected chi connectivity index (χ3v) is 1.75. The summed E-state index contributed by atoms with van der Waals surface area (Å²) >= 11 is 0. The van der Waals surface area contributed by atoms with Gasteiger partial charge in [-0.25, -0.2) is 0 Å². The molecule has 0 spiro atoms. The minimum Gasteiger partial charge on any atom is -0.380 e. The van der Waals surface area contributed by atoms with Gasteiger partial charge in [-0.2, -0.15) is 0 Å². The van der Waals surface area contributed by atoms with E-state index in [2.05, 4.69) is 12.0 Å². The van der Waals surface area contributed by atoms with E-state index in [9.17, 15) is 0 Å². The van der Waals surface area contributed by atoms with Crippen molar-refractivity contribution in [3.05, 3.63) is 11.6 Å². The second-order valence-electron chi connectivity index (χ2n) is 2.93. The Hall–Kier alpha value is -0.780. The monoisotopic (exact) mass is 181 g/mol. The van der Waals surface area contributed by atoms with Gasteiger partial charge in [0.05, 0.1) is 6.61 Å². The fourth-order valence-corrected chi connectivity index (χ4v) is 1.11. The average molecular weight is 181 g/mol. The summed E-state index contributed by atoms with van der Waals surface area (Å²) in [5.41, 5.74) is 6.74. The highest BCUT2D eigenvalue weighted by Crippen LogP contribution is 2.06. The molecule has 0 radical (unpaired) electrons. The van der Waals surface area contributed by atoms with Crippen LogP contribution >= 0.6 is 0 Å². The van der Waals surface area contributed by atoms with Crippen molar-refractivity contribution in [2.45, 2.75) is 25.7 Å². The summed E-state index contributed by atoms with van der Waals surface area (Å²) in [5, 5.41) is 0. The standard InChI is InChI=1S/C11H19NO/c1-3-4-5-7-11(10-13-2)8-6-9-12/h1,7H,4-6,8-10,12H2,2H3. The first kappa shape index (κ1) is 12.2. The lowest BCUT2D eigenvalue weighted by atomic mass is 10.1. The van der Waals surface area contributed by atoms with E-state index in [1.54, 1.807) is 7.11 Å². The summed E-state index contributed by atoms with van der Waals surface area (Å²) in [6.45, 7) is 1.43. The average Bonchev–Trinajstić information content (AvgIpc) is 2.14. The highest BCUT2D eigenvalue weighted by Gasteiger charge is 1.95. The zero-order valence-corrected chi connectivity index (χ0v) is 8.38. The lowest BCUT2D eigenvalue weighted by Gasteiger charge is -2.04. The number of unbranched alkanes of at least 4 members (excludes halogenated alkanes) is 1. The van der Waals surface area contributed by atoms with E-state index in [4.69, 9.17) is 16.9 Å². The molecule has 0 rings (SSSR count). The van der Waals surface area contributed by atoms with Crippen molar-refractivity contribution >= 4 is 0 Å². The van der Waals surface area contributed by atoms with E-state index in [1.807, 2.05) is 0 Å². The first-order chi connectivity index (χ1) is 6.35. The van der Waals surface area contributed by atoms with Crippen molar-refractivity contribution in [3.8, 4) is 12.3 Å². The quantitative estimate of drug-likeness (QED) is 0.368. The SMILES string of the molecule is C#CCCC=C(CCCN)COC. The van der Waals surface area contributed by atoms with E-state index in [1.165, 1.54) is 5.57 Å². The summed E-state index contributed by atoms with van der Waals surface area (Å²) in [6.07, 6.45) is 11.1. The minimum absolute atomic E-state index is 0.699. The Morgan fingerprint density at radius 3 is 2.92 bits per heavy atom. The van der Waals surface area contributed by atoms with Gasteiger partial charge in [-0.15, -0.1) is 12.3 Å². The third kappa shape index (κ3) is 7.58. The summed E-state index contributed by atoms with van der Waals surface area (Å²) < 4.78 is 5.07. The molecule has 0 aromatic carbocycles. The largest absolute Gasteiger partial charge is 0.380 e. The molecule has 0 aliphatic carbocycles. The Kier molecular flexibility index (Phi) is 8.75. The molecule has 2 nitrogen and oxygen atoms in total. The molecular formula is C11H19NO. The number of hydrogen-bond acceptors (Lipinski definition) is 2. The van der Waals surface area contributed by atoms with Gasteiger partial charge >= 0.3 is 0 Å². The Balaban J connectivity index is 3.77. The first-order valence-corrected chi connectivity index (χ1v) is 4.65. The van der Waals surface area contributed by atoms with Crippen LogP contribution in [0.1, 0.15) is 25.7 Å². The van der Waals surface area contributed by atoms with Crippen LogP contribution in [0.3, 0.4) is 0 Å². The van der Waals surface area contributed by atoms with Gasteiger partial charge in [0.2, 0.25) is 0 Å². The van der Waals surface area contributed by atoms with Crippen molar-refractivity contribution in [2.75, 3.05) is 20.3 Å². The maximum atomic E-state index is 5.43. The van der Waals surface area contributed by atoms with Crippen LogP contribution < -0.4 is 5.73 Å². The van der Waals surface area contributed by atoms with E-state index in [0.717, 1.165) is 32.2 Å². The summed E-state index contributed by atoms with van der Waals surface area (Å²) in [4.78, 5) is 0. The van der Waals surface area contributed by atoms with Crippen molar-refractivity contribution in [1.82, 2.24) is 0 Å². The van der Waals surface area contributed by atoms with Gasteiger partial charge in [-0.05, 0) is 31.4 Å². The molecule has 0 saturated carbocycles. The molecule has 0 aromatic heterocycles. The molecule has 2 heteroatoms. The number of hydrogen-bond donors (Lipinski definition) is 1. The van der Waals surface area contributed by atoms with Gasteiger partial charge in [0, 0.05) is 13.5 Å². The number of rotatable bonds is 7. The lowest BCUT2D eigenvalue weighted by molar-refractivity contribution is 0.222. The molecular weight excluding hydrogens is 162 g/mol. The number of terminal acetylenes is 1. The second kappa shape index (κ2) is 9.31. The zero-order valence-electron chi connectivity index (χ0n) is 8.38. The van der Waals surface area contributed by atoms with Crippen molar-refractivity contribution in [1.29, 1.82) is 0 Å². The van der Waals surface area contributed by atoms with Crippen LogP contribution in [0, 0.1) is 12.3 Å². The highest BCUT2D eigenvalue weighted by atomic mass is 16.5. The summed E-state index contributed by atoms with van der Waals surface area (Å²) in [5.74, 6) is 2.61. The number of allylic oxidation sites excluding steroid dienone is 1. The number of methoxy groups -OCH3 is 1. The van der Waals surface area contributed by atoms with Crippen LogP contribution in [0.25, 0.3) is 0 Å². The van der Waals surface area contributed by atoms with Gasteiger partial charge < -0.3 is 10.5 Å². The minimum atomic E-state index is 0.699. The van der Waals surface area contributed by atoms with Gasteiger partial charge in [0.1, 0.15) is 0 Å². The Morgan fingerprint density at radius 1 is 1.62 bits per heavy atom. The molecule has 0 amide bonds. The maximum Gasteiger partial charge on any atom is 0.0673 e. The van der Waals surface area contributed by atoms with E-state index in [-0.39, 0.29) is 0 Å². The van der Waals surface area contributed by atoms with E-state index < -0.39 is 0 Å². The predicted octanol–water partition coefficient (Wildman–Crippen LogP) is 1.71. The molecule has 0 saturated heterocycles. The molecule has 0 aromatic rings. The van der Waals surface area contributed by atoms with Crippen molar-refractivity contribution < 1.29 is 4.74 Å². The van der Waals surface area contributed by atoms with Gasteiger partial charge in [0.25, 0.3) is 0 Å². The molecule has 0 bridgehead atoms. The molecule has 0 heterocycles. The topological polar surface area (TPSA) is 35.2 Å². The molecule has 2 N–H and O–H groups in total. The summed E-state index contributed by atoms with van der Waals surface area (Å²) in [6, 6.07) is 0. The van der Waals surface area contributed by atoms with Crippen LogP contribution in [0.5, 0.6) is 0 Å². The molecule has 0 fully saturated rings. The van der Waals surface area contributed by atoms with Gasteiger partial charge in [-0.1, -0.05) is 6.08 Å². The molecule has 0 atom stereocenters. The predicted molar refractivity (Wildman–Crippen MR) is 56.3 cm³/mol. The molecule has 0 aliphatic heterocycles. The molecule has 74 valence electrons. The fraction of sp³-hybridized carbons (Fsp3) is 0.636. The fourth-order valence-electron chi connectivity index (χ4n) is 1.11.